The standard InChI is InChI=1S/C15H20N4O3S/c1-10(2)19-15(16-17-18-19)23-9-13(21)8-22-14-6-4-12(5-7-14)11(3)20/h4-7,10,13,21H,8-9H2,1-3H3/t13-/m1/s1. The second-order valence-corrected chi connectivity index (χ2v) is 6.34. The van der Waals surface area contributed by atoms with Crippen LogP contribution in [0.3, 0.4) is 0 Å². The normalized spacial score (nSPS) is 12.4. The van der Waals surface area contributed by atoms with Crippen molar-refractivity contribution < 1.29 is 14.6 Å². The van der Waals surface area contributed by atoms with Gasteiger partial charge in [-0.2, -0.15) is 0 Å². The lowest BCUT2D eigenvalue weighted by atomic mass is 10.1. The molecule has 1 atom stereocenters. The lowest BCUT2D eigenvalue weighted by Crippen LogP contribution is -2.20. The van der Waals surface area contributed by atoms with Crippen LogP contribution in [0.25, 0.3) is 0 Å². The van der Waals surface area contributed by atoms with Crippen molar-refractivity contribution in [2.24, 2.45) is 0 Å². The van der Waals surface area contributed by atoms with Crippen LogP contribution in [0, 0.1) is 0 Å². The summed E-state index contributed by atoms with van der Waals surface area (Å²) in [6.45, 7) is 5.66. The van der Waals surface area contributed by atoms with E-state index >= 15 is 0 Å². The SMILES string of the molecule is CC(=O)c1ccc(OC[C@@H](O)CSc2nnnn2C(C)C)cc1. The molecule has 0 fully saturated rings. The van der Waals surface area contributed by atoms with Gasteiger partial charge in [0, 0.05) is 11.3 Å². The molecule has 0 unspecified atom stereocenters. The van der Waals surface area contributed by atoms with Crippen LogP contribution in [0.1, 0.15) is 37.2 Å². The molecule has 0 aliphatic carbocycles. The number of tetrazole rings is 1. The molecule has 0 radical (unpaired) electrons. The summed E-state index contributed by atoms with van der Waals surface area (Å²) in [6, 6.07) is 7.01. The van der Waals surface area contributed by atoms with E-state index in [0.29, 0.717) is 22.2 Å². The van der Waals surface area contributed by atoms with Gasteiger partial charge in [-0.1, -0.05) is 11.8 Å². The number of ketones is 1. The topological polar surface area (TPSA) is 90.1 Å². The summed E-state index contributed by atoms with van der Waals surface area (Å²) in [7, 11) is 0. The van der Waals surface area contributed by atoms with Gasteiger partial charge in [-0.05, 0) is 55.5 Å². The van der Waals surface area contributed by atoms with Crippen LogP contribution in [-0.4, -0.2) is 49.6 Å². The highest BCUT2D eigenvalue weighted by Crippen LogP contribution is 2.19. The first-order chi connectivity index (χ1) is 11.0. The largest absolute Gasteiger partial charge is 0.491 e. The van der Waals surface area contributed by atoms with Crippen molar-refractivity contribution in [1.29, 1.82) is 0 Å². The molecule has 1 aromatic carbocycles. The minimum Gasteiger partial charge on any atom is -0.491 e. The summed E-state index contributed by atoms with van der Waals surface area (Å²) in [5.41, 5.74) is 0.633. The molecule has 0 aliphatic heterocycles. The molecule has 2 aromatic rings. The zero-order chi connectivity index (χ0) is 16.8. The fourth-order valence-electron chi connectivity index (χ4n) is 1.80. The second kappa shape index (κ2) is 8.07. The van der Waals surface area contributed by atoms with E-state index in [1.54, 1.807) is 28.9 Å². The molecular weight excluding hydrogens is 316 g/mol. The molecule has 1 heterocycles. The summed E-state index contributed by atoms with van der Waals surface area (Å²) < 4.78 is 7.22. The third-order valence-electron chi connectivity index (χ3n) is 3.06. The minimum atomic E-state index is -0.648. The number of rotatable bonds is 8. The quantitative estimate of drug-likeness (QED) is 0.582. The van der Waals surface area contributed by atoms with Crippen molar-refractivity contribution >= 4 is 17.5 Å². The van der Waals surface area contributed by atoms with Crippen LogP contribution >= 0.6 is 11.8 Å². The Balaban J connectivity index is 1.79. The molecule has 0 bridgehead atoms. The Labute approximate surface area is 139 Å². The van der Waals surface area contributed by atoms with Crippen LogP contribution in [-0.2, 0) is 0 Å². The highest BCUT2D eigenvalue weighted by Gasteiger charge is 2.13. The predicted molar refractivity (Wildman–Crippen MR) is 86.9 cm³/mol. The van der Waals surface area contributed by atoms with Gasteiger partial charge >= 0.3 is 0 Å². The van der Waals surface area contributed by atoms with E-state index in [2.05, 4.69) is 15.5 Å². The number of benzene rings is 1. The maximum atomic E-state index is 11.2. The van der Waals surface area contributed by atoms with Crippen LogP contribution in [0.5, 0.6) is 5.75 Å². The van der Waals surface area contributed by atoms with E-state index in [9.17, 15) is 9.90 Å². The lowest BCUT2D eigenvalue weighted by molar-refractivity contribution is 0.101. The number of hydrogen-bond donors (Lipinski definition) is 1. The number of aliphatic hydroxyl groups excluding tert-OH is 1. The average Bonchev–Trinajstić information content (AvgIpc) is 3.00. The van der Waals surface area contributed by atoms with Gasteiger partial charge in [-0.3, -0.25) is 4.79 Å². The number of aromatic nitrogens is 4. The number of thioether (sulfide) groups is 1. The summed E-state index contributed by atoms with van der Waals surface area (Å²) in [6.07, 6.45) is -0.648. The minimum absolute atomic E-state index is 0.0101. The van der Waals surface area contributed by atoms with Crippen molar-refractivity contribution in [2.75, 3.05) is 12.4 Å². The molecule has 0 saturated carbocycles. The molecule has 1 aromatic heterocycles. The molecule has 0 aliphatic rings. The molecule has 2 rings (SSSR count). The highest BCUT2D eigenvalue weighted by molar-refractivity contribution is 7.99. The zero-order valence-electron chi connectivity index (χ0n) is 13.3. The highest BCUT2D eigenvalue weighted by atomic mass is 32.2. The number of carbonyl (C=O) groups is 1. The van der Waals surface area contributed by atoms with Gasteiger partial charge in [-0.15, -0.1) is 5.10 Å². The number of carbonyl (C=O) groups excluding carboxylic acids is 1. The molecule has 0 spiro atoms. The van der Waals surface area contributed by atoms with Gasteiger partial charge in [0.1, 0.15) is 12.4 Å². The van der Waals surface area contributed by atoms with E-state index < -0.39 is 6.10 Å². The lowest BCUT2D eigenvalue weighted by Gasteiger charge is -2.12. The van der Waals surface area contributed by atoms with Gasteiger partial charge in [0.15, 0.2) is 5.78 Å². The Kier molecular flexibility index (Phi) is 6.12. The van der Waals surface area contributed by atoms with Crippen LogP contribution in [0.4, 0.5) is 0 Å². The van der Waals surface area contributed by atoms with Crippen LogP contribution in [0.15, 0.2) is 29.4 Å². The Hall–Kier alpha value is -1.93. The van der Waals surface area contributed by atoms with Crippen molar-refractivity contribution in [1.82, 2.24) is 20.2 Å². The first kappa shape index (κ1) is 17.4. The van der Waals surface area contributed by atoms with E-state index in [1.165, 1.54) is 18.7 Å². The summed E-state index contributed by atoms with van der Waals surface area (Å²) in [4.78, 5) is 11.2. The fraction of sp³-hybridized carbons (Fsp3) is 0.467. The first-order valence-electron chi connectivity index (χ1n) is 7.30. The van der Waals surface area contributed by atoms with E-state index in [-0.39, 0.29) is 18.4 Å². The van der Waals surface area contributed by atoms with Crippen molar-refractivity contribution in [3.63, 3.8) is 0 Å². The number of ether oxygens (including phenoxy) is 1. The summed E-state index contributed by atoms with van der Waals surface area (Å²) in [5.74, 6) is 1.06. The monoisotopic (exact) mass is 336 g/mol. The molecule has 1 N–H and O–H groups in total. The van der Waals surface area contributed by atoms with Gasteiger partial charge in [-0.25, -0.2) is 4.68 Å². The second-order valence-electron chi connectivity index (χ2n) is 5.36. The maximum Gasteiger partial charge on any atom is 0.209 e. The Morgan fingerprint density at radius 2 is 2.04 bits per heavy atom. The Morgan fingerprint density at radius 3 is 2.65 bits per heavy atom. The van der Waals surface area contributed by atoms with Crippen LogP contribution < -0.4 is 4.74 Å². The molecule has 0 saturated heterocycles. The summed E-state index contributed by atoms with van der Waals surface area (Å²) in [5, 5.41) is 22.2. The third kappa shape index (κ3) is 5.04. The molecule has 124 valence electrons. The third-order valence-corrected chi connectivity index (χ3v) is 4.14. The number of Topliss-reactive ketones (excluding diaryl/α,β-unsaturated/α-hetero) is 1. The van der Waals surface area contributed by atoms with Crippen molar-refractivity contribution in [3.05, 3.63) is 29.8 Å². The molecule has 8 heteroatoms. The number of aliphatic hydroxyl groups is 1. The smallest absolute Gasteiger partial charge is 0.209 e. The van der Waals surface area contributed by atoms with Gasteiger partial charge < -0.3 is 9.84 Å². The molecule has 7 nitrogen and oxygen atoms in total. The zero-order valence-corrected chi connectivity index (χ0v) is 14.2. The van der Waals surface area contributed by atoms with Crippen LogP contribution in [0.2, 0.25) is 0 Å². The van der Waals surface area contributed by atoms with Gasteiger partial charge in [0.25, 0.3) is 0 Å². The van der Waals surface area contributed by atoms with Gasteiger partial charge in [0.05, 0.1) is 12.1 Å². The molecule has 23 heavy (non-hydrogen) atoms. The fourth-order valence-corrected chi connectivity index (χ4v) is 2.71. The number of nitrogens with zero attached hydrogens (tertiary/aromatic N) is 4. The van der Waals surface area contributed by atoms with Gasteiger partial charge in [0.2, 0.25) is 5.16 Å². The average molecular weight is 336 g/mol. The van der Waals surface area contributed by atoms with Crippen molar-refractivity contribution in [2.45, 2.75) is 38.1 Å². The summed E-state index contributed by atoms with van der Waals surface area (Å²) >= 11 is 1.38. The molecular formula is C15H20N4O3S. The van der Waals surface area contributed by atoms with E-state index in [0.717, 1.165) is 0 Å². The number of hydrogen-bond acceptors (Lipinski definition) is 7. The molecule has 0 amide bonds. The maximum absolute atomic E-state index is 11.2. The van der Waals surface area contributed by atoms with E-state index in [4.69, 9.17) is 4.74 Å². The van der Waals surface area contributed by atoms with E-state index in [1.807, 2.05) is 13.8 Å². The predicted octanol–water partition coefficient (Wildman–Crippen LogP) is 1.99. The Morgan fingerprint density at radius 1 is 1.35 bits per heavy atom. The Bertz CT molecular complexity index is 642. The van der Waals surface area contributed by atoms with Crippen molar-refractivity contribution in [3.8, 4) is 5.75 Å². The first-order valence-corrected chi connectivity index (χ1v) is 8.28.